The Bertz CT molecular complexity index is 1000. The summed E-state index contributed by atoms with van der Waals surface area (Å²) >= 11 is 6.13. The van der Waals surface area contributed by atoms with Crippen molar-refractivity contribution >= 4 is 28.2 Å². The number of rotatable bonds is 9. The second-order valence-electron chi connectivity index (χ2n) is 8.68. The summed E-state index contributed by atoms with van der Waals surface area (Å²) in [5.41, 5.74) is 4.63. The molecule has 0 saturated carbocycles. The third-order valence-corrected chi connectivity index (χ3v) is 6.33. The van der Waals surface area contributed by atoms with Crippen molar-refractivity contribution in [3.05, 3.63) is 70.9 Å². The van der Waals surface area contributed by atoms with Crippen molar-refractivity contribution in [1.82, 2.24) is 15.2 Å². The fraction of sp³-hybridized carbons (Fsp3) is 0.423. The van der Waals surface area contributed by atoms with E-state index in [-0.39, 0.29) is 6.04 Å². The molecule has 0 aliphatic carbocycles. The lowest BCUT2D eigenvalue weighted by Crippen LogP contribution is -2.39. The van der Waals surface area contributed by atoms with Crippen molar-refractivity contribution in [2.75, 3.05) is 44.7 Å². The van der Waals surface area contributed by atoms with Crippen molar-refractivity contribution in [1.29, 1.82) is 0 Å². The summed E-state index contributed by atoms with van der Waals surface area (Å²) in [6.07, 6.45) is 2.91. The van der Waals surface area contributed by atoms with Crippen molar-refractivity contribution in [3.8, 4) is 0 Å². The monoisotopic (exact) mass is 452 g/mol. The van der Waals surface area contributed by atoms with Crippen LogP contribution >= 0.6 is 11.6 Å². The molecule has 1 aliphatic rings. The summed E-state index contributed by atoms with van der Waals surface area (Å²) in [7, 11) is 0. The topological polar surface area (TPSA) is 49.4 Å². The highest BCUT2D eigenvalue weighted by Gasteiger charge is 2.17. The number of aromatic nitrogens is 1. The number of anilines is 1. The van der Waals surface area contributed by atoms with Gasteiger partial charge in [-0.05, 0) is 50.1 Å². The number of aryl methyl sites for hydroxylation is 1. The van der Waals surface area contributed by atoms with E-state index in [2.05, 4.69) is 58.6 Å². The summed E-state index contributed by atoms with van der Waals surface area (Å²) in [5.74, 6) is 0. The van der Waals surface area contributed by atoms with E-state index in [1.807, 2.05) is 30.5 Å². The van der Waals surface area contributed by atoms with Gasteiger partial charge in [0.2, 0.25) is 0 Å². The highest BCUT2D eigenvalue weighted by molar-refractivity contribution is 6.31. The fourth-order valence-corrected chi connectivity index (χ4v) is 4.37. The molecule has 0 radical (unpaired) electrons. The zero-order chi connectivity index (χ0) is 22.3. The molecule has 2 heterocycles. The van der Waals surface area contributed by atoms with Gasteiger partial charge in [-0.1, -0.05) is 41.4 Å². The Morgan fingerprint density at radius 2 is 1.88 bits per heavy atom. The number of hydrogen-bond donors (Lipinski definition) is 2. The standard InChI is InChI=1S/C26H33ClN4O/c1-19-3-5-21(6-4-19)24(10-12-31-13-15-32-16-14-31)29-18-20(2)30-25-9-11-28-26-17-22(27)7-8-23(25)26/h3-9,11,17,20,24,29H,10,12-16,18H2,1-2H3,(H,28,30). The highest BCUT2D eigenvalue weighted by atomic mass is 35.5. The van der Waals surface area contributed by atoms with Crippen LogP contribution in [0, 0.1) is 6.92 Å². The lowest BCUT2D eigenvalue weighted by Gasteiger charge is -2.29. The van der Waals surface area contributed by atoms with Gasteiger partial charge in [-0.2, -0.15) is 0 Å². The minimum atomic E-state index is 0.257. The number of morpholine rings is 1. The molecular formula is C26H33ClN4O. The number of ether oxygens (including phenoxy) is 1. The fourth-order valence-electron chi connectivity index (χ4n) is 4.20. The Morgan fingerprint density at radius 1 is 1.09 bits per heavy atom. The molecule has 0 bridgehead atoms. The molecule has 2 unspecified atom stereocenters. The van der Waals surface area contributed by atoms with Gasteiger partial charge in [-0.15, -0.1) is 0 Å². The molecule has 1 fully saturated rings. The number of pyridine rings is 1. The summed E-state index contributed by atoms with van der Waals surface area (Å²) in [6.45, 7) is 10.0. The van der Waals surface area contributed by atoms with Crippen LogP contribution in [0.2, 0.25) is 5.02 Å². The van der Waals surface area contributed by atoms with Gasteiger partial charge in [-0.3, -0.25) is 9.88 Å². The third kappa shape index (κ3) is 6.20. The maximum atomic E-state index is 6.13. The van der Waals surface area contributed by atoms with Crippen LogP contribution in [0.25, 0.3) is 10.9 Å². The lowest BCUT2D eigenvalue weighted by molar-refractivity contribution is 0.0361. The molecule has 1 saturated heterocycles. The molecule has 5 nitrogen and oxygen atoms in total. The first-order valence-corrected chi connectivity index (χ1v) is 11.9. The molecule has 2 N–H and O–H groups in total. The highest BCUT2D eigenvalue weighted by Crippen LogP contribution is 2.25. The van der Waals surface area contributed by atoms with Crippen molar-refractivity contribution in [2.24, 2.45) is 0 Å². The number of hydrogen-bond acceptors (Lipinski definition) is 5. The van der Waals surface area contributed by atoms with Gasteiger partial charge in [0.05, 0.1) is 18.7 Å². The molecule has 170 valence electrons. The van der Waals surface area contributed by atoms with E-state index in [9.17, 15) is 0 Å². The lowest BCUT2D eigenvalue weighted by atomic mass is 10.0. The first kappa shape index (κ1) is 23.0. The summed E-state index contributed by atoms with van der Waals surface area (Å²) < 4.78 is 5.50. The second kappa shape index (κ2) is 11.1. The van der Waals surface area contributed by atoms with Crippen LogP contribution in [0.3, 0.4) is 0 Å². The van der Waals surface area contributed by atoms with E-state index in [1.165, 1.54) is 11.1 Å². The molecular weight excluding hydrogens is 420 g/mol. The first-order chi connectivity index (χ1) is 15.6. The Labute approximate surface area is 196 Å². The molecule has 3 aromatic rings. The number of fused-ring (bicyclic) bond motifs is 1. The van der Waals surface area contributed by atoms with Gasteiger partial charge in [0.15, 0.2) is 0 Å². The van der Waals surface area contributed by atoms with Gasteiger partial charge in [-0.25, -0.2) is 0 Å². The minimum Gasteiger partial charge on any atom is -0.381 e. The largest absolute Gasteiger partial charge is 0.381 e. The molecule has 4 rings (SSSR count). The molecule has 1 aromatic heterocycles. The number of benzene rings is 2. The Morgan fingerprint density at radius 3 is 2.66 bits per heavy atom. The number of nitrogens with one attached hydrogen (secondary N) is 2. The van der Waals surface area contributed by atoms with Crippen LogP contribution in [-0.4, -0.2) is 55.3 Å². The predicted octanol–water partition coefficient (Wildman–Crippen LogP) is 5.05. The molecule has 1 aliphatic heterocycles. The van der Waals surface area contributed by atoms with Gasteiger partial charge in [0.1, 0.15) is 0 Å². The van der Waals surface area contributed by atoms with Gasteiger partial charge in [0.25, 0.3) is 0 Å². The summed E-state index contributed by atoms with van der Waals surface area (Å²) in [6, 6.07) is 17.4. The predicted molar refractivity (Wildman–Crippen MR) is 134 cm³/mol. The van der Waals surface area contributed by atoms with E-state index in [4.69, 9.17) is 16.3 Å². The zero-order valence-corrected chi connectivity index (χ0v) is 19.7. The molecule has 32 heavy (non-hydrogen) atoms. The quantitative estimate of drug-likeness (QED) is 0.475. The van der Waals surface area contributed by atoms with Crippen molar-refractivity contribution < 1.29 is 4.74 Å². The smallest absolute Gasteiger partial charge is 0.0737 e. The Hall–Kier alpha value is -2.18. The first-order valence-electron chi connectivity index (χ1n) is 11.5. The van der Waals surface area contributed by atoms with Crippen molar-refractivity contribution in [3.63, 3.8) is 0 Å². The minimum absolute atomic E-state index is 0.257. The van der Waals surface area contributed by atoms with Crippen molar-refractivity contribution in [2.45, 2.75) is 32.4 Å². The third-order valence-electron chi connectivity index (χ3n) is 6.09. The average Bonchev–Trinajstić information content (AvgIpc) is 2.80. The van der Waals surface area contributed by atoms with Gasteiger partial charge >= 0.3 is 0 Å². The maximum absolute atomic E-state index is 6.13. The van der Waals surface area contributed by atoms with E-state index in [0.29, 0.717) is 11.1 Å². The Balaban J connectivity index is 1.39. The SMILES string of the molecule is Cc1ccc(C(CCN2CCOCC2)NCC(C)Nc2ccnc3cc(Cl)ccc23)cc1. The van der Waals surface area contributed by atoms with E-state index in [0.717, 1.165) is 62.4 Å². The molecule has 2 aromatic carbocycles. The second-order valence-corrected chi connectivity index (χ2v) is 9.12. The number of halogens is 1. The van der Waals surface area contributed by atoms with Crippen LogP contribution in [-0.2, 0) is 4.74 Å². The molecule has 2 atom stereocenters. The number of nitrogens with zero attached hydrogens (tertiary/aromatic N) is 2. The van der Waals surface area contributed by atoms with Gasteiger partial charge < -0.3 is 15.4 Å². The van der Waals surface area contributed by atoms with E-state index in [1.54, 1.807) is 0 Å². The van der Waals surface area contributed by atoms with Crippen LogP contribution in [0.4, 0.5) is 5.69 Å². The summed E-state index contributed by atoms with van der Waals surface area (Å²) in [5, 5.41) is 9.26. The van der Waals surface area contributed by atoms with Crippen LogP contribution in [0.5, 0.6) is 0 Å². The molecule has 0 spiro atoms. The molecule has 6 heteroatoms. The van der Waals surface area contributed by atoms with Gasteiger partial charge in [0, 0.05) is 60.6 Å². The van der Waals surface area contributed by atoms with Crippen LogP contribution in [0.15, 0.2) is 54.7 Å². The average molecular weight is 453 g/mol. The summed E-state index contributed by atoms with van der Waals surface area (Å²) in [4.78, 5) is 6.95. The van der Waals surface area contributed by atoms with Crippen LogP contribution < -0.4 is 10.6 Å². The Kier molecular flexibility index (Phi) is 7.98. The zero-order valence-electron chi connectivity index (χ0n) is 19.0. The van der Waals surface area contributed by atoms with E-state index < -0.39 is 0 Å². The van der Waals surface area contributed by atoms with Crippen LogP contribution in [0.1, 0.15) is 30.5 Å². The van der Waals surface area contributed by atoms with E-state index >= 15 is 0 Å². The maximum Gasteiger partial charge on any atom is 0.0737 e. The molecule has 0 amide bonds. The normalized spacial score (nSPS) is 16.7.